The molecule has 94 valence electrons. The van der Waals surface area contributed by atoms with Crippen LogP contribution in [0.25, 0.3) is 0 Å². The molecular weight excluding hydrogens is 290 g/mol. The number of nitrogens with one attached hydrogen (secondary N) is 1. The standard InChI is InChI=1S/C15H16BrNO/c1-12(11-17-13-7-3-2-4-8-13)18-15-10-6-5-9-14(15)16/h2-10,12,17H,11H2,1H3. The Balaban J connectivity index is 1.86. The van der Waals surface area contributed by atoms with Gasteiger partial charge in [0.05, 0.1) is 11.0 Å². The number of hydrogen-bond acceptors (Lipinski definition) is 2. The first kappa shape index (κ1) is 13.0. The van der Waals surface area contributed by atoms with Crippen molar-refractivity contribution in [3.05, 3.63) is 59.1 Å². The van der Waals surface area contributed by atoms with Crippen LogP contribution in [0, 0.1) is 0 Å². The first-order chi connectivity index (χ1) is 8.75. The summed E-state index contributed by atoms with van der Waals surface area (Å²) in [4.78, 5) is 0. The zero-order valence-electron chi connectivity index (χ0n) is 10.3. The number of benzene rings is 2. The Kier molecular flexibility index (Phi) is 4.65. The van der Waals surface area contributed by atoms with Crippen molar-refractivity contribution in [2.24, 2.45) is 0 Å². The van der Waals surface area contributed by atoms with Crippen molar-refractivity contribution in [1.82, 2.24) is 0 Å². The van der Waals surface area contributed by atoms with Crippen LogP contribution in [0.3, 0.4) is 0 Å². The van der Waals surface area contributed by atoms with Crippen LogP contribution in [0.5, 0.6) is 5.75 Å². The van der Waals surface area contributed by atoms with E-state index in [4.69, 9.17) is 4.74 Å². The van der Waals surface area contributed by atoms with Gasteiger partial charge in [-0.2, -0.15) is 0 Å². The van der Waals surface area contributed by atoms with E-state index in [1.54, 1.807) is 0 Å². The third kappa shape index (κ3) is 3.77. The fourth-order valence-corrected chi connectivity index (χ4v) is 1.99. The van der Waals surface area contributed by atoms with Gasteiger partial charge in [-0.3, -0.25) is 0 Å². The molecule has 1 N–H and O–H groups in total. The fraction of sp³-hybridized carbons (Fsp3) is 0.200. The van der Waals surface area contributed by atoms with Crippen LogP contribution >= 0.6 is 15.9 Å². The Morgan fingerprint density at radius 1 is 1.06 bits per heavy atom. The first-order valence-corrected chi connectivity index (χ1v) is 6.75. The van der Waals surface area contributed by atoms with Crippen LogP contribution < -0.4 is 10.1 Å². The van der Waals surface area contributed by atoms with Gasteiger partial charge in [0.25, 0.3) is 0 Å². The molecule has 2 aromatic carbocycles. The Labute approximate surface area is 116 Å². The lowest BCUT2D eigenvalue weighted by Gasteiger charge is -2.17. The normalized spacial score (nSPS) is 11.9. The van der Waals surface area contributed by atoms with E-state index in [1.807, 2.05) is 54.6 Å². The zero-order valence-corrected chi connectivity index (χ0v) is 11.9. The molecule has 0 aliphatic heterocycles. The van der Waals surface area contributed by atoms with E-state index >= 15 is 0 Å². The summed E-state index contributed by atoms with van der Waals surface area (Å²) in [5.41, 5.74) is 1.11. The van der Waals surface area contributed by atoms with Crippen molar-refractivity contribution in [3.63, 3.8) is 0 Å². The summed E-state index contributed by atoms with van der Waals surface area (Å²) in [5.74, 6) is 0.875. The summed E-state index contributed by atoms with van der Waals surface area (Å²) >= 11 is 3.48. The second kappa shape index (κ2) is 6.45. The molecule has 0 fully saturated rings. The van der Waals surface area contributed by atoms with Gasteiger partial charge in [0.1, 0.15) is 11.9 Å². The lowest BCUT2D eigenvalue weighted by Crippen LogP contribution is -2.22. The highest BCUT2D eigenvalue weighted by Crippen LogP contribution is 2.24. The molecule has 0 bridgehead atoms. The van der Waals surface area contributed by atoms with E-state index in [1.165, 1.54) is 0 Å². The molecule has 3 heteroatoms. The molecule has 0 aliphatic rings. The van der Waals surface area contributed by atoms with Crippen LogP contribution in [0.1, 0.15) is 6.92 Å². The maximum atomic E-state index is 5.86. The van der Waals surface area contributed by atoms with E-state index in [-0.39, 0.29) is 6.10 Å². The predicted molar refractivity (Wildman–Crippen MR) is 79.2 cm³/mol. The minimum atomic E-state index is 0.101. The van der Waals surface area contributed by atoms with Gasteiger partial charge >= 0.3 is 0 Å². The molecule has 2 rings (SSSR count). The number of para-hydroxylation sites is 2. The molecule has 1 atom stereocenters. The van der Waals surface area contributed by atoms with Gasteiger partial charge in [0.2, 0.25) is 0 Å². The second-order valence-corrected chi connectivity index (χ2v) is 4.96. The molecule has 0 spiro atoms. The van der Waals surface area contributed by atoms with Gasteiger partial charge in [0, 0.05) is 5.69 Å². The fourth-order valence-electron chi connectivity index (χ4n) is 1.62. The molecule has 0 saturated carbocycles. The number of hydrogen-bond donors (Lipinski definition) is 1. The molecule has 2 nitrogen and oxygen atoms in total. The van der Waals surface area contributed by atoms with Crippen LogP contribution in [0.4, 0.5) is 5.69 Å². The van der Waals surface area contributed by atoms with Crippen molar-refractivity contribution in [3.8, 4) is 5.75 Å². The molecule has 0 aromatic heterocycles. The zero-order chi connectivity index (χ0) is 12.8. The van der Waals surface area contributed by atoms with Gasteiger partial charge in [-0.15, -0.1) is 0 Å². The largest absolute Gasteiger partial charge is 0.488 e. The molecular formula is C15H16BrNO. The number of rotatable bonds is 5. The van der Waals surface area contributed by atoms with E-state index < -0.39 is 0 Å². The Morgan fingerprint density at radius 3 is 2.44 bits per heavy atom. The SMILES string of the molecule is CC(CNc1ccccc1)Oc1ccccc1Br. The lowest BCUT2D eigenvalue weighted by atomic mass is 10.3. The molecule has 0 saturated heterocycles. The minimum absolute atomic E-state index is 0.101. The highest BCUT2D eigenvalue weighted by molar-refractivity contribution is 9.10. The third-order valence-corrected chi connectivity index (χ3v) is 3.19. The van der Waals surface area contributed by atoms with Crippen molar-refractivity contribution >= 4 is 21.6 Å². The number of ether oxygens (including phenoxy) is 1. The lowest BCUT2D eigenvalue weighted by molar-refractivity contribution is 0.233. The molecule has 0 aliphatic carbocycles. The van der Waals surface area contributed by atoms with E-state index in [0.29, 0.717) is 0 Å². The summed E-state index contributed by atoms with van der Waals surface area (Å²) in [7, 11) is 0. The third-order valence-electron chi connectivity index (χ3n) is 2.53. The predicted octanol–water partition coefficient (Wildman–Crippen LogP) is 4.33. The maximum Gasteiger partial charge on any atom is 0.133 e. The average Bonchev–Trinajstić information content (AvgIpc) is 2.40. The van der Waals surface area contributed by atoms with Crippen molar-refractivity contribution in [2.45, 2.75) is 13.0 Å². The monoisotopic (exact) mass is 305 g/mol. The van der Waals surface area contributed by atoms with Crippen LogP contribution in [-0.4, -0.2) is 12.6 Å². The Hall–Kier alpha value is -1.48. The summed E-state index contributed by atoms with van der Waals surface area (Å²) < 4.78 is 6.84. The summed E-state index contributed by atoms with van der Waals surface area (Å²) in [6.45, 7) is 2.82. The number of halogens is 1. The van der Waals surface area contributed by atoms with Crippen LogP contribution in [0.15, 0.2) is 59.1 Å². The quantitative estimate of drug-likeness (QED) is 0.888. The Bertz CT molecular complexity index is 487. The topological polar surface area (TPSA) is 21.3 Å². The van der Waals surface area contributed by atoms with Crippen molar-refractivity contribution in [2.75, 3.05) is 11.9 Å². The Morgan fingerprint density at radius 2 is 1.72 bits per heavy atom. The number of anilines is 1. The summed E-state index contributed by atoms with van der Waals surface area (Å²) in [5, 5.41) is 3.34. The highest BCUT2D eigenvalue weighted by Gasteiger charge is 2.06. The van der Waals surface area contributed by atoms with Gasteiger partial charge in [-0.05, 0) is 47.1 Å². The molecule has 0 heterocycles. The smallest absolute Gasteiger partial charge is 0.133 e. The molecule has 2 aromatic rings. The van der Waals surface area contributed by atoms with Crippen LogP contribution in [-0.2, 0) is 0 Å². The van der Waals surface area contributed by atoms with Crippen LogP contribution in [0.2, 0.25) is 0 Å². The van der Waals surface area contributed by atoms with Crippen molar-refractivity contribution < 1.29 is 4.74 Å². The van der Waals surface area contributed by atoms with Gasteiger partial charge in [-0.1, -0.05) is 30.3 Å². The van der Waals surface area contributed by atoms with E-state index in [0.717, 1.165) is 22.5 Å². The summed E-state index contributed by atoms with van der Waals surface area (Å²) in [6, 6.07) is 18.0. The van der Waals surface area contributed by atoms with Crippen molar-refractivity contribution in [1.29, 1.82) is 0 Å². The van der Waals surface area contributed by atoms with Gasteiger partial charge < -0.3 is 10.1 Å². The first-order valence-electron chi connectivity index (χ1n) is 5.96. The second-order valence-electron chi connectivity index (χ2n) is 4.11. The maximum absolute atomic E-state index is 5.86. The minimum Gasteiger partial charge on any atom is -0.488 e. The molecule has 18 heavy (non-hydrogen) atoms. The highest BCUT2D eigenvalue weighted by atomic mass is 79.9. The summed E-state index contributed by atoms with van der Waals surface area (Å²) in [6.07, 6.45) is 0.101. The molecule has 0 radical (unpaired) electrons. The van der Waals surface area contributed by atoms with Gasteiger partial charge in [0.15, 0.2) is 0 Å². The van der Waals surface area contributed by atoms with Gasteiger partial charge in [-0.25, -0.2) is 0 Å². The molecule has 0 amide bonds. The van der Waals surface area contributed by atoms with E-state index in [9.17, 15) is 0 Å². The molecule has 1 unspecified atom stereocenters. The van der Waals surface area contributed by atoms with E-state index in [2.05, 4.69) is 28.2 Å². The average molecular weight is 306 g/mol.